The first-order chi connectivity index (χ1) is 10.1. The maximum Gasteiger partial charge on any atom is 0.241 e. The number of piperidine rings is 1. The molecule has 4 heteroatoms. The summed E-state index contributed by atoms with van der Waals surface area (Å²) >= 11 is 0. The van der Waals surface area contributed by atoms with Gasteiger partial charge in [0, 0.05) is 18.8 Å². The predicted molar refractivity (Wildman–Crippen MR) is 85.5 cm³/mol. The standard InChI is InChI=1S/C17H26N2O2/c1-13-7-5-8-14(2)16(13)18-17(21)15-9-3-4-10-19(15)11-6-12-20/h5,7-8,15,20H,3-4,6,9-12H2,1-2H3,(H,18,21). The summed E-state index contributed by atoms with van der Waals surface area (Å²) in [6.07, 6.45) is 3.87. The highest BCUT2D eigenvalue weighted by molar-refractivity contribution is 5.96. The molecular formula is C17H26N2O2. The number of carbonyl (C=O) groups is 1. The lowest BCUT2D eigenvalue weighted by Gasteiger charge is -2.34. The third kappa shape index (κ3) is 4.05. The Morgan fingerprint density at radius 1 is 1.33 bits per heavy atom. The van der Waals surface area contributed by atoms with Gasteiger partial charge in [-0.2, -0.15) is 0 Å². The number of amides is 1. The van der Waals surface area contributed by atoms with Gasteiger partial charge in [-0.15, -0.1) is 0 Å². The molecule has 4 nitrogen and oxygen atoms in total. The number of aliphatic hydroxyl groups is 1. The lowest BCUT2D eigenvalue weighted by Crippen LogP contribution is -2.47. The zero-order valence-electron chi connectivity index (χ0n) is 13.1. The van der Waals surface area contributed by atoms with E-state index >= 15 is 0 Å². The Balaban J connectivity index is 2.07. The van der Waals surface area contributed by atoms with Crippen molar-refractivity contribution in [3.63, 3.8) is 0 Å². The monoisotopic (exact) mass is 290 g/mol. The molecule has 1 amide bonds. The quantitative estimate of drug-likeness (QED) is 0.876. The van der Waals surface area contributed by atoms with E-state index in [-0.39, 0.29) is 18.6 Å². The Bertz CT molecular complexity index is 467. The Morgan fingerprint density at radius 3 is 2.71 bits per heavy atom. The minimum Gasteiger partial charge on any atom is -0.396 e. The smallest absolute Gasteiger partial charge is 0.241 e. The number of nitrogens with one attached hydrogen (secondary N) is 1. The van der Waals surface area contributed by atoms with E-state index in [2.05, 4.69) is 10.2 Å². The highest BCUT2D eigenvalue weighted by atomic mass is 16.3. The average Bonchev–Trinajstić information content (AvgIpc) is 2.49. The van der Waals surface area contributed by atoms with Crippen LogP contribution < -0.4 is 5.32 Å². The molecule has 1 fully saturated rings. The van der Waals surface area contributed by atoms with E-state index in [1.807, 2.05) is 32.0 Å². The minimum absolute atomic E-state index is 0.0655. The van der Waals surface area contributed by atoms with Crippen LogP contribution in [0, 0.1) is 13.8 Å². The van der Waals surface area contributed by atoms with E-state index in [0.29, 0.717) is 0 Å². The van der Waals surface area contributed by atoms with E-state index in [9.17, 15) is 4.79 Å². The SMILES string of the molecule is Cc1cccc(C)c1NC(=O)C1CCCCN1CCCO. The van der Waals surface area contributed by atoms with Crippen LogP contribution in [-0.4, -0.2) is 41.7 Å². The van der Waals surface area contributed by atoms with Gasteiger partial charge in [0.25, 0.3) is 0 Å². The van der Waals surface area contributed by atoms with Crippen molar-refractivity contribution in [1.82, 2.24) is 4.90 Å². The van der Waals surface area contributed by atoms with Gasteiger partial charge in [0.2, 0.25) is 5.91 Å². The molecule has 0 spiro atoms. The summed E-state index contributed by atoms with van der Waals surface area (Å²) in [5.74, 6) is 0.0880. The number of rotatable bonds is 5. The number of hydrogen-bond donors (Lipinski definition) is 2. The van der Waals surface area contributed by atoms with Crippen LogP contribution in [-0.2, 0) is 4.79 Å². The summed E-state index contributed by atoms with van der Waals surface area (Å²) in [7, 11) is 0. The topological polar surface area (TPSA) is 52.6 Å². The van der Waals surface area contributed by atoms with Crippen LogP contribution in [0.1, 0.15) is 36.8 Å². The van der Waals surface area contributed by atoms with Gasteiger partial charge in [-0.05, 0) is 50.8 Å². The third-order valence-electron chi connectivity index (χ3n) is 4.25. The number of para-hydroxylation sites is 1. The van der Waals surface area contributed by atoms with Crippen molar-refractivity contribution in [2.45, 2.75) is 45.6 Å². The molecule has 1 unspecified atom stereocenters. The van der Waals surface area contributed by atoms with Crippen LogP contribution >= 0.6 is 0 Å². The molecule has 0 aromatic heterocycles. The van der Waals surface area contributed by atoms with Crippen LogP contribution in [0.3, 0.4) is 0 Å². The van der Waals surface area contributed by atoms with Gasteiger partial charge in [0.05, 0.1) is 6.04 Å². The largest absolute Gasteiger partial charge is 0.396 e. The van der Waals surface area contributed by atoms with Gasteiger partial charge < -0.3 is 10.4 Å². The summed E-state index contributed by atoms with van der Waals surface area (Å²) in [5, 5.41) is 12.1. The first kappa shape index (κ1) is 16.0. The maximum atomic E-state index is 12.6. The van der Waals surface area contributed by atoms with Crippen molar-refractivity contribution in [2.75, 3.05) is 25.0 Å². The number of hydrogen-bond acceptors (Lipinski definition) is 3. The molecule has 0 saturated carbocycles. The van der Waals surface area contributed by atoms with Crippen molar-refractivity contribution in [3.8, 4) is 0 Å². The summed E-state index contributed by atoms with van der Waals surface area (Å²) in [5.41, 5.74) is 3.14. The summed E-state index contributed by atoms with van der Waals surface area (Å²) < 4.78 is 0. The Labute approximate surface area is 127 Å². The molecule has 1 aromatic rings. The lowest BCUT2D eigenvalue weighted by molar-refractivity contribution is -0.122. The van der Waals surface area contributed by atoms with Gasteiger partial charge >= 0.3 is 0 Å². The van der Waals surface area contributed by atoms with Crippen molar-refractivity contribution < 1.29 is 9.90 Å². The number of anilines is 1. The summed E-state index contributed by atoms with van der Waals surface area (Å²) in [4.78, 5) is 14.8. The van der Waals surface area contributed by atoms with E-state index < -0.39 is 0 Å². The number of nitrogens with zero attached hydrogens (tertiary/aromatic N) is 1. The van der Waals surface area contributed by atoms with Crippen molar-refractivity contribution in [1.29, 1.82) is 0 Å². The van der Waals surface area contributed by atoms with E-state index in [0.717, 1.165) is 55.6 Å². The molecule has 0 radical (unpaired) electrons. The molecule has 116 valence electrons. The number of benzene rings is 1. The fourth-order valence-electron chi connectivity index (χ4n) is 3.05. The van der Waals surface area contributed by atoms with E-state index in [1.54, 1.807) is 0 Å². The van der Waals surface area contributed by atoms with Crippen molar-refractivity contribution in [3.05, 3.63) is 29.3 Å². The highest BCUT2D eigenvalue weighted by Gasteiger charge is 2.28. The zero-order valence-corrected chi connectivity index (χ0v) is 13.1. The van der Waals surface area contributed by atoms with Crippen molar-refractivity contribution >= 4 is 11.6 Å². The lowest BCUT2D eigenvalue weighted by atomic mass is 10.0. The third-order valence-corrected chi connectivity index (χ3v) is 4.25. The molecule has 2 rings (SSSR count). The first-order valence-corrected chi connectivity index (χ1v) is 7.85. The summed E-state index contributed by atoms with van der Waals surface area (Å²) in [6.45, 7) is 5.97. The Morgan fingerprint density at radius 2 is 2.05 bits per heavy atom. The van der Waals surface area contributed by atoms with Crippen LogP contribution in [0.25, 0.3) is 0 Å². The second kappa shape index (κ2) is 7.57. The molecule has 1 aliphatic heterocycles. The number of likely N-dealkylation sites (tertiary alicyclic amines) is 1. The molecule has 2 N–H and O–H groups in total. The maximum absolute atomic E-state index is 12.6. The predicted octanol–water partition coefficient (Wildman–Crippen LogP) is 2.48. The molecule has 0 bridgehead atoms. The van der Waals surface area contributed by atoms with Gasteiger partial charge in [-0.3, -0.25) is 9.69 Å². The molecule has 1 aliphatic rings. The molecule has 1 saturated heterocycles. The van der Waals surface area contributed by atoms with Crippen LogP contribution in [0.4, 0.5) is 5.69 Å². The fraction of sp³-hybridized carbons (Fsp3) is 0.588. The number of aryl methyl sites for hydroxylation is 2. The number of carbonyl (C=O) groups excluding carboxylic acids is 1. The fourth-order valence-corrected chi connectivity index (χ4v) is 3.05. The molecule has 1 atom stereocenters. The highest BCUT2D eigenvalue weighted by Crippen LogP contribution is 2.23. The van der Waals surface area contributed by atoms with Gasteiger partial charge in [0.1, 0.15) is 0 Å². The first-order valence-electron chi connectivity index (χ1n) is 7.85. The average molecular weight is 290 g/mol. The molecular weight excluding hydrogens is 264 g/mol. The van der Waals surface area contributed by atoms with Crippen molar-refractivity contribution in [2.24, 2.45) is 0 Å². The van der Waals surface area contributed by atoms with Crippen LogP contribution in [0.2, 0.25) is 0 Å². The molecule has 0 aliphatic carbocycles. The van der Waals surface area contributed by atoms with Gasteiger partial charge in [0.15, 0.2) is 0 Å². The van der Waals surface area contributed by atoms with Gasteiger partial charge in [-0.1, -0.05) is 24.6 Å². The van der Waals surface area contributed by atoms with Gasteiger partial charge in [-0.25, -0.2) is 0 Å². The zero-order chi connectivity index (χ0) is 15.2. The van der Waals surface area contributed by atoms with E-state index in [1.165, 1.54) is 0 Å². The minimum atomic E-state index is -0.0655. The van der Waals surface area contributed by atoms with E-state index in [4.69, 9.17) is 5.11 Å². The second-order valence-electron chi connectivity index (χ2n) is 5.88. The number of aliphatic hydroxyl groups excluding tert-OH is 1. The second-order valence-corrected chi connectivity index (χ2v) is 5.88. The van der Waals surface area contributed by atoms with Crippen LogP contribution in [0.5, 0.6) is 0 Å². The Hall–Kier alpha value is -1.39. The summed E-state index contributed by atoms with van der Waals surface area (Å²) in [6, 6.07) is 5.98. The van der Waals surface area contributed by atoms with Crippen LogP contribution in [0.15, 0.2) is 18.2 Å². The normalized spacial score (nSPS) is 19.5. The molecule has 1 aromatic carbocycles. The molecule has 1 heterocycles. The molecule has 21 heavy (non-hydrogen) atoms. The Kier molecular flexibility index (Phi) is 5.76.